The number of carbonyl (C=O) groups is 1. The van der Waals surface area contributed by atoms with Gasteiger partial charge in [-0.1, -0.05) is 49.1 Å². The van der Waals surface area contributed by atoms with E-state index in [0.29, 0.717) is 22.6 Å². The summed E-state index contributed by atoms with van der Waals surface area (Å²) < 4.78 is 6.43. The molecule has 0 atom stereocenters. The number of thioether (sulfide) groups is 1. The average molecular weight is 361 g/mol. The van der Waals surface area contributed by atoms with Gasteiger partial charge in [-0.2, -0.15) is 5.26 Å². The maximum Gasteiger partial charge on any atom is 0.264 e. The SMILES string of the molecule is Cc1nc(NC(=O)COc2ccc(C(C)C)cc2)sc1SCC#N. The summed E-state index contributed by atoms with van der Waals surface area (Å²) >= 11 is 2.79. The van der Waals surface area contributed by atoms with E-state index in [1.54, 1.807) is 0 Å². The number of carbonyl (C=O) groups excluding carboxylic acids is 1. The molecule has 7 heteroatoms. The Morgan fingerprint density at radius 3 is 2.75 bits per heavy atom. The van der Waals surface area contributed by atoms with Gasteiger partial charge in [-0.3, -0.25) is 10.1 Å². The van der Waals surface area contributed by atoms with Gasteiger partial charge in [0, 0.05) is 0 Å². The Morgan fingerprint density at radius 2 is 2.12 bits per heavy atom. The highest BCUT2D eigenvalue weighted by atomic mass is 32.2. The second-order valence-electron chi connectivity index (χ2n) is 5.40. The molecule has 2 rings (SSSR count). The van der Waals surface area contributed by atoms with Gasteiger partial charge in [0.2, 0.25) is 0 Å². The maximum atomic E-state index is 12.0. The molecule has 0 radical (unpaired) electrons. The number of thiazole rings is 1. The molecule has 0 aliphatic heterocycles. The quantitative estimate of drug-likeness (QED) is 0.748. The Hall–Kier alpha value is -2.04. The van der Waals surface area contributed by atoms with E-state index in [-0.39, 0.29) is 12.5 Å². The van der Waals surface area contributed by atoms with Gasteiger partial charge in [-0.05, 0) is 30.5 Å². The molecule has 0 unspecified atom stereocenters. The fourth-order valence-electron chi connectivity index (χ4n) is 1.92. The maximum absolute atomic E-state index is 12.0. The smallest absolute Gasteiger partial charge is 0.264 e. The van der Waals surface area contributed by atoms with E-state index in [1.165, 1.54) is 28.7 Å². The monoisotopic (exact) mass is 361 g/mol. The Labute approximate surface area is 150 Å². The number of amides is 1. The molecule has 0 aliphatic carbocycles. The normalized spacial score (nSPS) is 10.5. The number of nitriles is 1. The van der Waals surface area contributed by atoms with Gasteiger partial charge < -0.3 is 4.74 Å². The number of ether oxygens (including phenoxy) is 1. The third-order valence-electron chi connectivity index (χ3n) is 3.18. The summed E-state index contributed by atoms with van der Waals surface area (Å²) in [6.07, 6.45) is 0. The van der Waals surface area contributed by atoms with E-state index in [1.807, 2.05) is 31.2 Å². The zero-order valence-electron chi connectivity index (χ0n) is 13.8. The summed E-state index contributed by atoms with van der Waals surface area (Å²) in [4.78, 5) is 16.3. The van der Waals surface area contributed by atoms with Crippen LogP contribution in [-0.2, 0) is 4.79 Å². The van der Waals surface area contributed by atoms with Crippen LogP contribution in [-0.4, -0.2) is 23.3 Å². The Kier molecular flexibility index (Phi) is 6.64. The van der Waals surface area contributed by atoms with Gasteiger partial charge in [0.05, 0.1) is 21.7 Å². The summed E-state index contributed by atoms with van der Waals surface area (Å²) in [7, 11) is 0. The van der Waals surface area contributed by atoms with Crippen molar-refractivity contribution in [3.8, 4) is 11.8 Å². The van der Waals surface area contributed by atoms with Crippen molar-refractivity contribution in [3.05, 3.63) is 35.5 Å². The summed E-state index contributed by atoms with van der Waals surface area (Å²) in [5.74, 6) is 1.23. The lowest BCUT2D eigenvalue weighted by Gasteiger charge is -2.08. The lowest BCUT2D eigenvalue weighted by Crippen LogP contribution is -2.20. The number of benzene rings is 1. The standard InChI is InChI=1S/C17H19N3O2S2/c1-11(2)13-4-6-14(7-5-13)22-10-15(21)20-17-19-12(3)16(24-17)23-9-8-18/h4-7,11H,9-10H2,1-3H3,(H,19,20,21). The highest BCUT2D eigenvalue weighted by molar-refractivity contribution is 8.01. The van der Waals surface area contributed by atoms with Crippen molar-refractivity contribution in [1.29, 1.82) is 5.26 Å². The molecule has 126 valence electrons. The Balaban J connectivity index is 1.86. The first-order chi connectivity index (χ1) is 11.5. The second-order valence-corrected chi connectivity index (χ2v) is 7.64. The molecule has 1 heterocycles. The molecule has 2 aromatic rings. The van der Waals surface area contributed by atoms with Crippen LogP contribution < -0.4 is 10.1 Å². The van der Waals surface area contributed by atoms with Crippen LogP contribution >= 0.6 is 23.1 Å². The number of aromatic nitrogens is 1. The molecule has 1 N–H and O–H groups in total. The third-order valence-corrected chi connectivity index (χ3v) is 5.49. The van der Waals surface area contributed by atoms with Crippen LogP contribution in [0.2, 0.25) is 0 Å². The van der Waals surface area contributed by atoms with Crippen molar-refractivity contribution in [2.45, 2.75) is 30.9 Å². The zero-order valence-corrected chi connectivity index (χ0v) is 15.5. The van der Waals surface area contributed by atoms with Gasteiger partial charge in [-0.15, -0.1) is 0 Å². The van der Waals surface area contributed by atoms with Gasteiger partial charge in [0.15, 0.2) is 11.7 Å². The fraction of sp³-hybridized carbons (Fsp3) is 0.353. The topological polar surface area (TPSA) is 75.0 Å². The number of anilines is 1. The molecule has 0 spiro atoms. The van der Waals surface area contributed by atoms with Gasteiger partial charge in [0.25, 0.3) is 5.91 Å². The van der Waals surface area contributed by atoms with Crippen molar-refractivity contribution in [2.75, 3.05) is 17.7 Å². The molecule has 1 aromatic carbocycles. The van der Waals surface area contributed by atoms with Crippen molar-refractivity contribution < 1.29 is 9.53 Å². The minimum Gasteiger partial charge on any atom is -0.484 e. The van der Waals surface area contributed by atoms with Gasteiger partial charge in [-0.25, -0.2) is 4.98 Å². The van der Waals surface area contributed by atoms with Crippen LogP contribution in [0, 0.1) is 18.3 Å². The first kappa shape index (κ1) is 18.3. The lowest BCUT2D eigenvalue weighted by atomic mass is 10.0. The highest BCUT2D eigenvalue weighted by Gasteiger charge is 2.11. The van der Waals surface area contributed by atoms with E-state index >= 15 is 0 Å². The van der Waals surface area contributed by atoms with Crippen molar-refractivity contribution in [1.82, 2.24) is 4.98 Å². The first-order valence-electron chi connectivity index (χ1n) is 7.49. The lowest BCUT2D eigenvalue weighted by molar-refractivity contribution is -0.118. The number of nitrogens with one attached hydrogen (secondary N) is 1. The minimum absolute atomic E-state index is 0.0691. The van der Waals surface area contributed by atoms with Crippen LogP contribution in [0.5, 0.6) is 5.75 Å². The highest BCUT2D eigenvalue weighted by Crippen LogP contribution is 2.31. The molecule has 0 fully saturated rings. The summed E-state index contributed by atoms with van der Waals surface area (Å²) in [5, 5.41) is 11.9. The molecule has 0 aliphatic rings. The van der Waals surface area contributed by atoms with Crippen LogP contribution in [0.1, 0.15) is 31.0 Å². The number of hydrogen-bond acceptors (Lipinski definition) is 6. The molecule has 1 amide bonds. The first-order valence-corrected chi connectivity index (χ1v) is 9.29. The predicted molar refractivity (Wildman–Crippen MR) is 97.8 cm³/mol. The third kappa shape index (κ3) is 5.25. The molecular formula is C17H19N3O2S2. The molecule has 24 heavy (non-hydrogen) atoms. The average Bonchev–Trinajstić information content (AvgIpc) is 2.90. The molecule has 0 bridgehead atoms. The summed E-state index contributed by atoms with van der Waals surface area (Å²) in [6, 6.07) is 9.81. The van der Waals surface area contributed by atoms with E-state index in [9.17, 15) is 4.79 Å². The van der Waals surface area contributed by atoms with Crippen LogP contribution in [0.15, 0.2) is 28.5 Å². The van der Waals surface area contributed by atoms with Gasteiger partial charge >= 0.3 is 0 Å². The van der Waals surface area contributed by atoms with Crippen LogP contribution in [0.25, 0.3) is 0 Å². The van der Waals surface area contributed by atoms with E-state index < -0.39 is 0 Å². The molecule has 5 nitrogen and oxygen atoms in total. The second kappa shape index (κ2) is 8.71. The molecular weight excluding hydrogens is 342 g/mol. The molecule has 0 saturated heterocycles. The predicted octanol–water partition coefficient (Wildman–Crippen LogP) is 4.21. The molecule has 0 saturated carbocycles. The molecule has 1 aromatic heterocycles. The van der Waals surface area contributed by atoms with Gasteiger partial charge in [0.1, 0.15) is 5.75 Å². The number of rotatable bonds is 7. The van der Waals surface area contributed by atoms with Crippen LogP contribution in [0.4, 0.5) is 5.13 Å². The Morgan fingerprint density at radius 1 is 1.42 bits per heavy atom. The van der Waals surface area contributed by atoms with E-state index in [4.69, 9.17) is 10.00 Å². The van der Waals surface area contributed by atoms with E-state index in [0.717, 1.165) is 9.90 Å². The number of aryl methyl sites for hydroxylation is 1. The Bertz CT molecular complexity index is 733. The summed E-state index contributed by atoms with van der Waals surface area (Å²) in [6.45, 7) is 6.05. The van der Waals surface area contributed by atoms with Crippen molar-refractivity contribution >= 4 is 34.1 Å². The summed E-state index contributed by atoms with van der Waals surface area (Å²) in [5.41, 5.74) is 2.05. The van der Waals surface area contributed by atoms with Crippen molar-refractivity contribution in [2.24, 2.45) is 0 Å². The number of hydrogen-bond donors (Lipinski definition) is 1. The minimum atomic E-state index is -0.256. The zero-order chi connectivity index (χ0) is 17.5. The van der Waals surface area contributed by atoms with Crippen LogP contribution in [0.3, 0.4) is 0 Å². The van der Waals surface area contributed by atoms with Crippen molar-refractivity contribution in [3.63, 3.8) is 0 Å². The fourth-order valence-corrected chi connectivity index (χ4v) is 3.74. The largest absolute Gasteiger partial charge is 0.484 e. The van der Waals surface area contributed by atoms with E-state index in [2.05, 4.69) is 30.2 Å². The number of nitrogens with zero attached hydrogens (tertiary/aromatic N) is 2.